The van der Waals surface area contributed by atoms with E-state index in [0.717, 1.165) is 12.8 Å². The molecule has 19 heavy (non-hydrogen) atoms. The van der Waals surface area contributed by atoms with E-state index in [9.17, 15) is 9.90 Å². The van der Waals surface area contributed by atoms with E-state index in [-0.39, 0.29) is 18.2 Å². The largest absolute Gasteiger partial charge is 0.493 e. The summed E-state index contributed by atoms with van der Waals surface area (Å²) in [6, 6.07) is 4.80. The molecule has 0 bridgehead atoms. The fourth-order valence-corrected chi connectivity index (χ4v) is 1.51. The van der Waals surface area contributed by atoms with Crippen molar-refractivity contribution in [3.63, 3.8) is 0 Å². The van der Waals surface area contributed by atoms with Gasteiger partial charge in [-0.15, -0.1) is 0 Å². The van der Waals surface area contributed by atoms with Crippen LogP contribution in [-0.2, 0) is 0 Å². The molecule has 1 rings (SSSR count). The first kappa shape index (κ1) is 15.3. The third-order valence-electron chi connectivity index (χ3n) is 2.46. The normalized spacial score (nSPS) is 11.9. The highest BCUT2D eigenvalue weighted by Gasteiger charge is 2.18. The third kappa shape index (κ3) is 4.79. The van der Waals surface area contributed by atoms with Gasteiger partial charge in [-0.05, 0) is 25.5 Å². The van der Waals surface area contributed by atoms with Gasteiger partial charge < -0.3 is 20.3 Å². The summed E-state index contributed by atoms with van der Waals surface area (Å²) in [7, 11) is 0. The summed E-state index contributed by atoms with van der Waals surface area (Å²) in [5.41, 5.74) is 5.65. The fourth-order valence-electron chi connectivity index (χ4n) is 1.51. The summed E-state index contributed by atoms with van der Waals surface area (Å²) in [5, 5.41) is 9.28. The summed E-state index contributed by atoms with van der Waals surface area (Å²) < 4.78 is 10.9. The molecule has 5 nitrogen and oxygen atoms in total. The van der Waals surface area contributed by atoms with Gasteiger partial charge >= 0.3 is 5.97 Å². The Balaban J connectivity index is 2.90. The lowest BCUT2D eigenvalue weighted by atomic mass is 10.1. The second kappa shape index (κ2) is 7.63. The monoisotopic (exact) mass is 267 g/mol. The molecule has 0 saturated carbocycles. The Morgan fingerprint density at radius 3 is 2.53 bits per heavy atom. The zero-order valence-corrected chi connectivity index (χ0v) is 11.4. The quantitative estimate of drug-likeness (QED) is 0.706. The molecule has 3 N–H and O–H groups in total. The average Bonchev–Trinajstić information content (AvgIpc) is 2.36. The summed E-state index contributed by atoms with van der Waals surface area (Å²) >= 11 is 0. The summed E-state index contributed by atoms with van der Waals surface area (Å²) in [5.74, 6) is -0.436. The van der Waals surface area contributed by atoms with Gasteiger partial charge in [0.1, 0.15) is 23.7 Å². The van der Waals surface area contributed by atoms with E-state index in [1.807, 2.05) is 6.92 Å². The summed E-state index contributed by atoms with van der Waals surface area (Å²) in [6.45, 7) is 4.60. The van der Waals surface area contributed by atoms with Crippen molar-refractivity contribution in [2.24, 2.45) is 5.73 Å². The van der Waals surface area contributed by atoms with E-state index in [4.69, 9.17) is 15.2 Å². The number of ether oxygens (including phenoxy) is 2. The number of nitrogens with two attached hydrogens (primary N) is 1. The van der Waals surface area contributed by atoms with Crippen molar-refractivity contribution in [3.8, 4) is 11.5 Å². The molecule has 106 valence electrons. The van der Waals surface area contributed by atoms with Crippen LogP contribution in [0.3, 0.4) is 0 Å². The topological polar surface area (TPSA) is 81.8 Å². The van der Waals surface area contributed by atoms with Crippen LogP contribution in [0.15, 0.2) is 18.2 Å². The zero-order chi connectivity index (χ0) is 14.3. The Labute approximate surface area is 113 Å². The maximum Gasteiger partial charge on any atom is 0.343 e. The molecule has 0 saturated heterocycles. The van der Waals surface area contributed by atoms with Crippen LogP contribution in [0.2, 0.25) is 0 Å². The highest BCUT2D eigenvalue weighted by Crippen LogP contribution is 2.28. The SMILES string of the molecule is CCCCOc1cccc(OC[C@H](C)N)c1C(=O)O. The summed E-state index contributed by atoms with van der Waals surface area (Å²) in [4.78, 5) is 11.3. The van der Waals surface area contributed by atoms with Gasteiger partial charge in [0, 0.05) is 6.04 Å². The number of rotatable bonds is 8. The minimum atomic E-state index is -1.06. The van der Waals surface area contributed by atoms with E-state index >= 15 is 0 Å². The molecule has 5 heteroatoms. The number of hydrogen-bond donors (Lipinski definition) is 2. The van der Waals surface area contributed by atoms with E-state index in [0.29, 0.717) is 18.1 Å². The van der Waals surface area contributed by atoms with Crippen LogP contribution in [0.4, 0.5) is 0 Å². The van der Waals surface area contributed by atoms with Crippen molar-refractivity contribution in [3.05, 3.63) is 23.8 Å². The number of unbranched alkanes of at least 4 members (excludes halogenated alkanes) is 1. The Morgan fingerprint density at radius 2 is 2.00 bits per heavy atom. The van der Waals surface area contributed by atoms with Crippen molar-refractivity contribution < 1.29 is 19.4 Å². The van der Waals surface area contributed by atoms with Crippen molar-refractivity contribution in [2.45, 2.75) is 32.7 Å². The van der Waals surface area contributed by atoms with Gasteiger partial charge in [0.15, 0.2) is 0 Å². The number of aromatic carboxylic acids is 1. The lowest BCUT2D eigenvalue weighted by Crippen LogP contribution is -2.24. The molecule has 0 unspecified atom stereocenters. The number of carbonyl (C=O) groups is 1. The van der Waals surface area contributed by atoms with E-state index in [1.165, 1.54) is 0 Å². The second-order valence-electron chi connectivity index (χ2n) is 4.42. The third-order valence-corrected chi connectivity index (χ3v) is 2.46. The molecule has 0 aliphatic heterocycles. The fraction of sp³-hybridized carbons (Fsp3) is 0.500. The predicted octanol–water partition coefficient (Wildman–Crippen LogP) is 2.29. The van der Waals surface area contributed by atoms with E-state index in [1.54, 1.807) is 25.1 Å². The van der Waals surface area contributed by atoms with Gasteiger partial charge in [-0.25, -0.2) is 4.79 Å². The first-order valence-electron chi connectivity index (χ1n) is 6.43. The highest BCUT2D eigenvalue weighted by atomic mass is 16.5. The second-order valence-corrected chi connectivity index (χ2v) is 4.42. The molecule has 0 aromatic heterocycles. The molecular weight excluding hydrogens is 246 g/mol. The minimum Gasteiger partial charge on any atom is -0.493 e. The lowest BCUT2D eigenvalue weighted by Gasteiger charge is -2.14. The standard InChI is InChI=1S/C14H21NO4/c1-3-4-8-18-11-6-5-7-12(13(11)14(16)17)19-9-10(2)15/h5-7,10H,3-4,8-9,15H2,1-2H3,(H,16,17)/t10-/m0/s1. The Morgan fingerprint density at radius 1 is 1.37 bits per heavy atom. The van der Waals surface area contributed by atoms with Crippen molar-refractivity contribution in [1.82, 2.24) is 0 Å². The molecule has 0 fully saturated rings. The van der Waals surface area contributed by atoms with Crippen LogP contribution in [0.1, 0.15) is 37.0 Å². The minimum absolute atomic E-state index is 0.0549. The van der Waals surface area contributed by atoms with Crippen LogP contribution in [0.5, 0.6) is 11.5 Å². The molecule has 0 radical (unpaired) electrons. The Kier molecular flexibility index (Phi) is 6.15. The first-order chi connectivity index (χ1) is 9.06. The molecule has 1 aromatic rings. The van der Waals surface area contributed by atoms with Crippen LogP contribution in [0.25, 0.3) is 0 Å². The van der Waals surface area contributed by atoms with Crippen LogP contribution < -0.4 is 15.2 Å². The molecule has 0 spiro atoms. The molecule has 0 aliphatic carbocycles. The molecule has 0 amide bonds. The van der Waals surface area contributed by atoms with E-state index < -0.39 is 5.97 Å². The number of carboxylic acid groups (broad SMARTS) is 1. The van der Waals surface area contributed by atoms with Gasteiger partial charge in [0.2, 0.25) is 0 Å². The Bertz CT molecular complexity index is 418. The zero-order valence-electron chi connectivity index (χ0n) is 11.4. The highest BCUT2D eigenvalue weighted by molar-refractivity contribution is 5.94. The molecular formula is C14H21NO4. The number of benzene rings is 1. The van der Waals surface area contributed by atoms with Gasteiger partial charge in [-0.3, -0.25) is 0 Å². The molecule has 1 atom stereocenters. The predicted molar refractivity (Wildman–Crippen MR) is 72.9 cm³/mol. The van der Waals surface area contributed by atoms with Crippen LogP contribution >= 0.6 is 0 Å². The van der Waals surface area contributed by atoms with Crippen LogP contribution in [0, 0.1) is 0 Å². The van der Waals surface area contributed by atoms with Gasteiger partial charge in [-0.1, -0.05) is 19.4 Å². The van der Waals surface area contributed by atoms with Gasteiger partial charge in [-0.2, -0.15) is 0 Å². The van der Waals surface area contributed by atoms with Gasteiger partial charge in [0.05, 0.1) is 6.61 Å². The van der Waals surface area contributed by atoms with Crippen molar-refractivity contribution >= 4 is 5.97 Å². The number of carboxylic acids is 1. The maximum absolute atomic E-state index is 11.3. The lowest BCUT2D eigenvalue weighted by molar-refractivity contribution is 0.0687. The summed E-state index contributed by atoms with van der Waals surface area (Å²) in [6.07, 6.45) is 1.87. The molecule has 1 aromatic carbocycles. The number of hydrogen-bond acceptors (Lipinski definition) is 4. The Hall–Kier alpha value is -1.75. The average molecular weight is 267 g/mol. The molecule has 0 heterocycles. The van der Waals surface area contributed by atoms with Crippen LogP contribution in [-0.4, -0.2) is 30.3 Å². The smallest absolute Gasteiger partial charge is 0.343 e. The van der Waals surface area contributed by atoms with E-state index in [2.05, 4.69) is 0 Å². The maximum atomic E-state index is 11.3. The van der Waals surface area contributed by atoms with Crippen molar-refractivity contribution in [2.75, 3.05) is 13.2 Å². The molecule has 0 aliphatic rings. The van der Waals surface area contributed by atoms with Crippen molar-refractivity contribution in [1.29, 1.82) is 0 Å². The van der Waals surface area contributed by atoms with Gasteiger partial charge in [0.25, 0.3) is 0 Å². The first-order valence-corrected chi connectivity index (χ1v) is 6.43.